The number of ketones is 1. The first-order chi connectivity index (χ1) is 25.5. The van der Waals surface area contributed by atoms with Crippen LogP contribution in [0, 0.1) is 23.7 Å². The normalized spacial score (nSPS) is 43.6. The predicted molar refractivity (Wildman–Crippen MR) is 196 cm³/mol. The van der Waals surface area contributed by atoms with Gasteiger partial charge >= 0.3 is 5.97 Å². The molecule has 3 aliphatic heterocycles. The lowest BCUT2D eigenvalue weighted by Gasteiger charge is -2.46. The molecule has 310 valence electrons. The van der Waals surface area contributed by atoms with Crippen LogP contribution in [0.25, 0.3) is 0 Å². The lowest BCUT2D eigenvalue weighted by atomic mass is 9.79. The van der Waals surface area contributed by atoms with Crippen LogP contribution in [0.5, 0.6) is 0 Å². The van der Waals surface area contributed by atoms with Gasteiger partial charge in [-0.15, -0.1) is 0 Å². The van der Waals surface area contributed by atoms with Crippen LogP contribution in [0.1, 0.15) is 67.2 Å². The van der Waals surface area contributed by atoms with Crippen LogP contribution in [0.3, 0.4) is 0 Å². The maximum atomic E-state index is 13.6. The fourth-order valence-electron chi connectivity index (χ4n) is 7.76. The van der Waals surface area contributed by atoms with Crippen molar-refractivity contribution in [1.29, 1.82) is 0 Å². The predicted octanol–water partition coefficient (Wildman–Crippen LogP) is 1.56. The minimum atomic E-state index is -1.31. The molecule has 3 heterocycles. The van der Waals surface area contributed by atoms with Crippen LogP contribution < -0.4 is 0 Å². The lowest BCUT2D eigenvalue weighted by molar-refractivity contribution is -0.304. The van der Waals surface area contributed by atoms with Crippen molar-refractivity contribution in [3.8, 4) is 0 Å². The molecule has 15 heteroatoms. The number of hydrogen-bond acceptors (Lipinski definition) is 15. The highest BCUT2D eigenvalue weighted by molar-refractivity contribution is 5.91. The average Bonchev–Trinajstić information content (AvgIpc) is 3.12. The Morgan fingerprint density at radius 2 is 1.52 bits per heavy atom. The number of aldehydes is 1. The number of hydrogen-bond donors (Lipinski definition) is 4. The highest BCUT2D eigenvalue weighted by atomic mass is 16.7. The molecule has 0 radical (unpaired) electrons. The highest BCUT2D eigenvalue weighted by Crippen LogP contribution is 2.35. The van der Waals surface area contributed by atoms with E-state index in [1.807, 2.05) is 19.9 Å². The van der Waals surface area contributed by atoms with E-state index in [2.05, 4.69) is 0 Å². The summed E-state index contributed by atoms with van der Waals surface area (Å²) in [7, 11) is 6.36. The van der Waals surface area contributed by atoms with Crippen LogP contribution in [0.4, 0.5) is 0 Å². The molecule has 4 unspecified atom stereocenters. The summed E-state index contributed by atoms with van der Waals surface area (Å²) in [4.78, 5) is 40.8. The van der Waals surface area contributed by atoms with Gasteiger partial charge in [0.05, 0.1) is 49.6 Å². The fourth-order valence-corrected chi connectivity index (χ4v) is 7.76. The van der Waals surface area contributed by atoms with Gasteiger partial charge in [-0.3, -0.25) is 9.59 Å². The number of aliphatic hydroxyl groups excluding tert-OH is 4. The van der Waals surface area contributed by atoms with Gasteiger partial charge in [-0.25, -0.2) is 0 Å². The summed E-state index contributed by atoms with van der Waals surface area (Å²) in [5, 5.41) is 44.2. The molecular weight excluding hydrogens is 706 g/mol. The zero-order chi connectivity index (χ0) is 40.4. The summed E-state index contributed by atoms with van der Waals surface area (Å²) >= 11 is 0. The van der Waals surface area contributed by atoms with Gasteiger partial charge in [-0.1, -0.05) is 38.5 Å². The minimum absolute atomic E-state index is 0.0120. The Bertz CT molecular complexity index is 1260. The van der Waals surface area contributed by atoms with Crippen molar-refractivity contribution in [3.05, 3.63) is 23.8 Å². The monoisotopic (exact) mass is 771 g/mol. The second-order valence-electron chi connectivity index (χ2n) is 15.4. The number of carbonyl (C=O) groups is 3. The smallest absolute Gasteiger partial charge is 0.308 e. The summed E-state index contributed by atoms with van der Waals surface area (Å²) in [6, 6.07) is -0.740. The Kier molecular flexibility index (Phi) is 18.3. The number of ether oxygens (including phenoxy) is 7. The van der Waals surface area contributed by atoms with Gasteiger partial charge in [-0.2, -0.15) is 0 Å². The second-order valence-corrected chi connectivity index (χ2v) is 15.4. The van der Waals surface area contributed by atoms with Crippen molar-refractivity contribution in [2.24, 2.45) is 23.7 Å². The summed E-state index contributed by atoms with van der Waals surface area (Å²) in [6.07, 6.45) is -5.36. The number of cyclic esters (lactones) is 1. The van der Waals surface area contributed by atoms with Crippen LogP contribution in [-0.2, 0) is 47.5 Å². The van der Waals surface area contributed by atoms with Gasteiger partial charge in [-0.05, 0) is 59.7 Å². The van der Waals surface area contributed by atoms with Crippen molar-refractivity contribution < 1.29 is 68.0 Å². The minimum Gasteiger partial charge on any atom is -0.462 e. The van der Waals surface area contributed by atoms with E-state index < -0.39 is 116 Å². The third kappa shape index (κ3) is 11.7. The molecule has 0 aromatic rings. The topological polar surface area (TPSA) is 200 Å². The third-order valence-corrected chi connectivity index (χ3v) is 11.1. The van der Waals surface area contributed by atoms with Gasteiger partial charge in [0, 0.05) is 38.4 Å². The zero-order valence-electron chi connectivity index (χ0n) is 33.5. The summed E-state index contributed by atoms with van der Waals surface area (Å²) < 4.78 is 41.6. The quantitative estimate of drug-likeness (QED) is 0.174. The summed E-state index contributed by atoms with van der Waals surface area (Å²) in [6.45, 7) is 10.5. The summed E-state index contributed by atoms with van der Waals surface area (Å²) in [5.74, 6) is -3.37. The van der Waals surface area contributed by atoms with Crippen LogP contribution >= 0.6 is 0 Å². The molecule has 3 aliphatic rings. The van der Waals surface area contributed by atoms with Crippen LogP contribution in [0.15, 0.2) is 23.8 Å². The molecule has 3 rings (SSSR count). The first kappa shape index (κ1) is 46.2. The molecule has 0 aliphatic carbocycles. The maximum Gasteiger partial charge on any atom is 0.308 e. The molecule has 4 N–H and O–H groups in total. The molecule has 0 amide bonds. The average molecular weight is 772 g/mol. The number of methoxy groups -OCH3 is 2. The number of aliphatic hydroxyl groups is 4. The van der Waals surface area contributed by atoms with Gasteiger partial charge in [0.1, 0.15) is 36.8 Å². The van der Waals surface area contributed by atoms with Gasteiger partial charge < -0.3 is 63.3 Å². The van der Waals surface area contributed by atoms with Gasteiger partial charge in [0.15, 0.2) is 18.4 Å². The van der Waals surface area contributed by atoms with E-state index in [0.717, 1.165) is 6.29 Å². The molecule has 2 fully saturated rings. The Balaban J connectivity index is 1.96. The van der Waals surface area contributed by atoms with Gasteiger partial charge in [0.25, 0.3) is 0 Å². The van der Waals surface area contributed by atoms with E-state index in [1.165, 1.54) is 20.3 Å². The van der Waals surface area contributed by atoms with E-state index in [4.69, 9.17) is 33.2 Å². The van der Waals surface area contributed by atoms with E-state index in [1.54, 1.807) is 52.8 Å². The maximum absolute atomic E-state index is 13.6. The molecule has 0 aromatic carbocycles. The van der Waals surface area contributed by atoms with Crippen molar-refractivity contribution in [1.82, 2.24) is 4.90 Å². The van der Waals surface area contributed by atoms with Crippen molar-refractivity contribution in [2.75, 3.05) is 34.9 Å². The molecule has 54 heavy (non-hydrogen) atoms. The Hall–Kier alpha value is -2.15. The molecule has 0 bridgehead atoms. The first-order valence-electron chi connectivity index (χ1n) is 19.0. The molecular formula is C39H65NO14. The molecule has 2 saturated heterocycles. The number of allylic oxidation sites excluding steroid dienone is 3. The van der Waals surface area contributed by atoms with Crippen molar-refractivity contribution in [3.63, 3.8) is 0 Å². The van der Waals surface area contributed by atoms with Crippen LogP contribution in [0.2, 0.25) is 0 Å². The Morgan fingerprint density at radius 1 is 0.889 bits per heavy atom. The standard InChI is InChI=1S/C39H65NO14/c1-11-29-26(19-50-39-37(49-10)36(48-9)33(46)24(6)52-39)16-20(2)12-13-27(42)21(3)17-25(14-15-41)35(22(4)28(43)18-30(44)53-29)54-38-34(47)31(40(7)8)32(45)23(5)51-38/h12-13,15-16,21-26,28-29,31-39,43,45-47H,11,14,17-19H2,1-10H3/b13-12+,20-16+/t21-,22+,23-,24?,25+,26-,28-,29-,31?,32-,33-,34?,35-,36+,37?,38+,39-/m1/s1. The molecule has 0 spiro atoms. The van der Waals surface area contributed by atoms with E-state index >= 15 is 0 Å². The van der Waals surface area contributed by atoms with E-state index in [-0.39, 0.29) is 25.2 Å². The number of likely N-dealkylation sites (N-methyl/N-ethyl adjacent to an activating group) is 1. The molecule has 17 atom stereocenters. The SMILES string of the molecule is CC[C@H]1OC(=O)C[C@@H](O)[C@H](C)[C@@H](O[C@@H]2O[C@H](C)[C@@H](O)C(N(C)C)C2O)[C@@H](CC=O)C[C@@H](C)C(=O)/C=C/C(C)=C/[C@@H]1CO[C@@H]1OC(C)[C@@H](O)[C@H](OC)C1OC. The van der Waals surface area contributed by atoms with E-state index in [0.29, 0.717) is 12.0 Å². The second kappa shape index (κ2) is 21.4. The molecule has 15 nitrogen and oxygen atoms in total. The largest absolute Gasteiger partial charge is 0.462 e. The molecule has 0 saturated carbocycles. The van der Waals surface area contributed by atoms with Crippen molar-refractivity contribution >= 4 is 18.0 Å². The van der Waals surface area contributed by atoms with Gasteiger partial charge in [0.2, 0.25) is 0 Å². The number of rotatable bonds is 11. The summed E-state index contributed by atoms with van der Waals surface area (Å²) in [5.41, 5.74) is 0.701. The lowest BCUT2D eigenvalue weighted by Crippen LogP contribution is -2.63. The molecule has 0 aromatic heterocycles. The Morgan fingerprint density at radius 3 is 2.11 bits per heavy atom. The Labute approximate surface area is 319 Å². The first-order valence-corrected chi connectivity index (χ1v) is 19.0. The zero-order valence-corrected chi connectivity index (χ0v) is 33.5. The number of nitrogens with zero attached hydrogens (tertiary/aromatic N) is 1. The third-order valence-electron chi connectivity index (χ3n) is 11.1. The number of carbonyl (C=O) groups excluding carboxylic acids is 3. The number of esters is 1. The van der Waals surface area contributed by atoms with E-state index in [9.17, 15) is 34.8 Å². The fraction of sp³-hybridized carbons (Fsp3) is 0.821. The van der Waals surface area contributed by atoms with Crippen LogP contribution in [-0.4, -0.2) is 158 Å². The highest BCUT2D eigenvalue weighted by Gasteiger charge is 2.48. The van der Waals surface area contributed by atoms with Crippen molar-refractivity contribution in [2.45, 2.75) is 147 Å².